The second kappa shape index (κ2) is 8.77. The summed E-state index contributed by atoms with van der Waals surface area (Å²) in [5.41, 5.74) is 1.38. The van der Waals surface area contributed by atoms with Crippen molar-refractivity contribution in [2.45, 2.75) is 6.10 Å². The van der Waals surface area contributed by atoms with Crippen molar-refractivity contribution in [3.8, 4) is 5.75 Å². The first-order chi connectivity index (χ1) is 14.5. The van der Waals surface area contributed by atoms with E-state index in [9.17, 15) is 4.79 Å². The van der Waals surface area contributed by atoms with Crippen molar-refractivity contribution in [1.29, 1.82) is 0 Å². The van der Waals surface area contributed by atoms with Crippen LogP contribution in [0.3, 0.4) is 0 Å². The number of ether oxygens (including phenoxy) is 1. The highest BCUT2D eigenvalue weighted by molar-refractivity contribution is 6.35. The van der Waals surface area contributed by atoms with Crippen LogP contribution in [0.5, 0.6) is 5.75 Å². The molecule has 4 rings (SSSR count). The molecule has 1 aliphatic rings. The van der Waals surface area contributed by atoms with Crippen molar-refractivity contribution in [3.05, 3.63) is 70.3 Å². The fourth-order valence-electron chi connectivity index (χ4n) is 3.01. The zero-order chi connectivity index (χ0) is 21.1. The molecule has 1 aromatic heterocycles. The Hall–Kier alpha value is -3.03. The minimum atomic E-state index is -0.130. The number of nitrogens with one attached hydrogen (secondary N) is 2. The third-order valence-electron chi connectivity index (χ3n) is 4.63. The summed E-state index contributed by atoms with van der Waals surface area (Å²) < 4.78 is 5.93. The summed E-state index contributed by atoms with van der Waals surface area (Å²) in [5, 5.41) is 6.82. The predicted molar refractivity (Wildman–Crippen MR) is 118 cm³/mol. The third-order valence-corrected chi connectivity index (χ3v) is 5.16. The van der Waals surface area contributed by atoms with Crippen LogP contribution in [-0.2, 0) is 0 Å². The number of anilines is 3. The van der Waals surface area contributed by atoms with Gasteiger partial charge in [0.2, 0.25) is 5.95 Å². The summed E-state index contributed by atoms with van der Waals surface area (Å²) in [7, 11) is 1.60. The zero-order valence-corrected chi connectivity index (χ0v) is 17.6. The molecule has 30 heavy (non-hydrogen) atoms. The Labute approximate surface area is 184 Å². The number of benzene rings is 2. The summed E-state index contributed by atoms with van der Waals surface area (Å²) in [6.45, 7) is 1.38. The standard InChI is InChI=1S/C21H19Cl2N5O2/c1-24-20(29)13-2-5-15(6-3-13)26-21-25-9-8-19(27-21)28-11-16(12-28)30-18-7-4-14(22)10-17(18)23/h2-10,16H,11-12H2,1H3,(H,24,29)(H,25,26,27). The number of hydrogen-bond donors (Lipinski definition) is 2. The van der Waals surface area contributed by atoms with E-state index in [4.69, 9.17) is 27.9 Å². The highest BCUT2D eigenvalue weighted by Crippen LogP contribution is 2.30. The summed E-state index contributed by atoms with van der Waals surface area (Å²) in [4.78, 5) is 22.6. The lowest BCUT2D eigenvalue weighted by Gasteiger charge is -2.39. The van der Waals surface area contributed by atoms with Gasteiger partial charge in [-0.2, -0.15) is 4.98 Å². The molecule has 0 spiro atoms. The Bertz CT molecular complexity index is 1060. The van der Waals surface area contributed by atoms with E-state index in [1.54, 1.807) is 43.6 Å². The van der Waals surface area contributed by atoms with E-state index in [-0.39, 0.29) is 12.0 Å². The van der Waals surface area contributed by atoms with Crippen LogP contribution in [0.4, 0.5) is 17.5 Å². The molecule has 7 nitrogen and oxygen atoms in total. The van der Waals surface area contributed by atoms with Gasteiger partial charge in [0.15, 0.2) is 0 Å². The van der Waals surface area contributed by atoms with Crippen molar-refractivity contribution >= 4 is 46.6 Å². The van der Waals surface area contributed by atoms with Crippen LogP contribution in [0.15, 0.2) is 54.7 Å². The topological polar surface area (TPSA) is 79.4 Å². The molecule has 1 fully saturated rings. The number of nitrogens with zero attached hydrogens (tertiary/aromatic N) is 3. The Morgan fingerprint density at radius 2 is 1.90 bits per heavy atom. The third kappa shape index (κ3) is 4.58. The number of carbonyl (C=O) groups is 1. The van der Waals surface area contributed by atoms with E-state index in [0.717, 1.165) is 11.5 Å². The van der Waals surface area contributed by atoms with Crippen molar-refractivity contribution in [2.24, 2.45) is 0 Å². The molecule has 1 aliphatic heterocycles. The Morgan fingerprint density at radius 3 is 2.60 bits per heavy atom. The van der Waals surface area contributed by atoms with Crippen LogP contribution in [0.2, 0.25) is 10.0 Å². The van der Waals surface area contributed by atoms with Crippen molar-refractivity contribution in [1.82, 2.24) is 15.3 Å². The number of amides is 1. The first-order valence-corrected chi connectivity index (χ1v) is 10.1. The molecule has 0 saturated carbocycles. The minimum Gasteiger partial charge on any atom is -0.485 e. The second-order valence-corrected chi connectivity index (χ2v) is 7.58. The lowest BCUT2D eigenvalue weighted by Crippen LogP contribution is -2.54. The van der Waals surface area contributed by atoms with Gasteiger partial charge in [0, 0.05) is 29.5 Å². The average Bonchev–Trinajstić information content (AvgIpc) is 2.72. The maximum atomic E-state index is 11.6. The number of rotatable bonds is 6. The van der Waals surface area contributed by atoms with Gasteiger partial charge in [0.05, 0.1) is 18.1 Å². The van der Waals surface area contributed by atoms with Gasteiger partial charge in [-0.15, -0.1) is 0 Å². The molecule has 154 valence electrons. The first-order valence-electron chi connectivity index (χ1n) is 9.30. The molecule has 3 aromatic rings. The van der Waals surface area contributed by atoms with E-state index < -0.39 is 0 Å². The molecule has 2 heterocycles. The van der Waals surface area contributed by atoms with Gasteiger partial charge >= 0.3 is 0 Å². The normalized spacial score (nSPS) is 13.5. The van der Waals surface area contributed by atoms with Gasteiger partial charge in [-0.3, -0.25) is 4.79 Å². The van der Waals surface area contributed by atoms with Gasteiger partial charge < -0.3 is 20.3 Å². The Balaban J connectivity index is 1.36. The molecule has 1 amide bonds. The van der Waals surface area contributed by atoms with Gasteiger partial charge in [0.1, 0.15) is 17.7 Å². The summed E-state index contributed by atoms with van der Waals surface area (Å²) >= 11 is 12.1. The van der Waals surface area contributed by atoms with E-state index in [1.807, 2.05) is 18.2 Å². The van der Waals surface area contributed by atoms with Gasteiger partial charge in [0.25, 0.3) is 5.91 Å². The summed E-state index contributed by atoms with van der Waals surface area (Å²) in [6.07, 6.45) is 1.72. The quantitative estimate of drug-likeness (QED) is 0.595. The van der Waals surface area contributed by atoms with Gasteiger partial charge in [-0.25, -0.2) is 4.98 Å². The molecule has 0 atom stereocenters. The molecular formula is C21H19Cl2N5O2. The molecule has 0 radical (unpaired) electrons. The zero-order valence-electron chi connectivity index (χ0n) is 16.1. The first kappa shape index (κ1) is 20.3. The molecule has 0 unspecified atom stereocenters. The number of halogens is 2. The Kier molecular flexibility index (Phi) is 5.92. The number of hydrogen-bond acceptors (Lipinski definition) is 6. The molecule has 9 heteroatoms. The second-order valence-electron chi connectivity index (χ2n) is 6.74. The van der Waals surface area contributed by atoms with Gasteiger partial charge in [-0.1, -0.05) is 23.2 Å². The maximum Gasteiger partial charge on any atom is 0.251 e. The lowest BCUT2D eigenvalue weighted by atomic mass is 10.1. The lowest BCUT2D eigenvalue weighted by molar-refractivity contribution is 0.0963. The van der Waals surface area contributed by atoms with E-state index in [1.165, 1.54) is 0 Å². The van der Waals surface area contributed by atoms with Crippen molar-refractivity contribution in [3.63, 3.8) is 0 Å². The Morgan fingerprint density at radius 1 is 1.13 bits per heavy atom. The van der Waals surface area contributed by atoms with Crippen LogP contribution in [0, 0.1) is 0 Å². The maximum absolute atomic E-state index is 11.6. The predicted octanol–water partition coefficient (Wildman–Crippen LogP) is 4.15. The van der Waals surface area contributed by atoms with Crippen molar-refractivity contribution in [2.75, 3.05) is 30.4 Å². The van der Waals surface area contributed by atoms with Crippen molar-refractivity contribution < 1.29 is 9.53 Å². The van der Waals surface area contributed by atoms with Crippen LogP contribution in [0.1, 0.15) is 10.4 Å². The molecule has 2 N–H and O–H groups in total. The fourth-order valence-corrected chi connectivity index (χ4v) is 3.47. The smallest absolute Gasteiger partial charge is 0.251 e. The molecular weight excluding hydrogens is 425 g/mol. The largest absolute Gasteiger partial charge is 0.485 e. The highest BCUT2D eigenvalue weighted by atomic mass is 35.5. The molecule has 0 aliphatic carbocycles. The summed E-state index contributed by atoms with van der Waals surface area (Å²) in [6, 6.07) is 14.1. The number of aromatic nitrogens is 2. The van der Waals surface area contributed by atoms with Crippen LogP contribution in [0.25, 0.3) is 0 Å². The average molecular weight is 444 g/mol. The van der Waals surface area contributed by atoms with Crippen LogP contribution in [-0.4, -0.2) is 42.1 Å². The summed E-state index contributed by atoms with van der Waals surface area (Å²) in [5.74, 6) is 1.77. The molecule has 0 bridgehead atoms. The molecule has 1 saturated heterocycles. The van der Waals surface area contributed by atoms with E-state index >= 15 is 0 Å². The fraction of sp³-hybridized carbons (Fsp3) is 0.190. The monoisotopic (exact) mass is 443 g/mol. The van der Waals surface area contributed by atoms with E-state index in [0.29, 0.717) is 40.4 Å². The van der Waals surface area contributed by atoms with E-state index in [2.05, 4.69) is 25.5 Å². The SMILES string of the molecule is CNC(=O)c1ccc(Nc2nccc(N3CC(Oc4ccc(Cl)cc4Cl)C3)n2)cc1. The number of carbonyl (C=O) groups excluding carboxylic acids is 1. The molecule has 2 aromatic carbocycles. The van der Waals surface area contributed by atoms with Gasteiger partial charge in [-0.05, 0) is 48.5 Å². The highest BCUT2D eigenvalue weighted by Gasteiger charge is 2.30. The van der Waals surface area contributed by atoms with Crippen LogP contribution < -0.4 is 20.3 Å². The minimum absolute atomic E-state index is 0.0207. The van der Waals surface area contributed by atoms with Crippen LogP contribution >= 0.6 is 23.2 Å².